The minimum atomic E-state index is -3.55. The molecule has 1 fully saturated rings. The van der Waals surface area contributed by atoms with Crippen molar-refractivity contribution in [2.45, 2.75) is 55.7 Å². The molecule has 5 nitrogen and oxygen atoms in total. The summed E-state index contributed by atoms with van der Waals surface area (Å²) in [5.41, 5.74) is 0.422. The van der Waals surface area contributed by atoms with Crippen molar-refractivity contribution in [1.29, 1.82) is 0 Å². The lowest BCUT2D eigenvalue weighted by atomic mass is 10.1. The predicted octanol–water partition coefficient (Wildman–Crippen LogP) is 1.75. The van der Waals surface area contributed by atoms with Crippen molar-refractivity contribution in [1.82, 2.24) is 9.71 Å². The Morgan fingerprint density at radius 3 is 2.33 bits per heavy atom. The van der Waals surface area contributed by atoms with E-state index in [9.17, 15) is 13.2 Å². The number of aryl methyl sites for hydroxylation is 1. The largest absolute Gasteiger partial charge is 0.315 e. The lowest BCUT2D eigenvalue weighted by Crippen LogP contribution is -2.34. The van der Waals surface area contributed by atoms with Gasteiger partial charge < -0.3 is 4.98 Å². The van der Waals surface area contributed by atoms with Crippen molar-refractivity contribution in [2.24, 2.45) is 0 Å². The van der Waals surface area contributed by atoms with Crippen molar-refractivity contribution in [3.8, 4) is 0 Å². The highest BCUT2D eigenvalue weighted by molar-refractivity contribution is 7.91. The summed E-state index contributed by atoms with van der Waals surface area (Å²) in [6.45, 7) is 1.61. The van der Waals surface area contributed by atoms with E-state index >= 15 is 0 Å². The molecule has 1 aliphatic carbocycles. The maximum Gasteiger partial charge on any atom is 0.305 e. The number of hydrogen-bond donors (Lipinski definition) is 2. The molecule has 7 heteroatoms. The third-order valence-corrected chi connectivity index (χ3v) is 6.33. The lowest BCUT2D eigenvalue weighted by molar-refractivity contribution is 0.510. The Morgan fingerprint density at radius 2 is 1.83 bits per heavy atom. The number of H-pyrrole nitrogens is 1. The topological polar surface area (TPSA) is 79.0 Å². The van der Waals surface area contributed by atoms with Crippen molar-refractivity contribution in [2.75, 3.05) is 0 Å². The Labute approximate surface area is 111 Å². The second-order valence-electron chi connectivity index (χ2n) is 4.74. The Bertz CT molecular complexity index is 551. The Kier molecular flexibility index (Phi) is 4.24. The Morgan fingerprint density at radius 1 is 1.22 bits per heavy atom. The highest BCUT2D eigenvalue weighted by Gasteiger charge is 2.24. The minimum Gasteiger partial charge on any atom is -0.315 e. The molecule has 0 saturated heterocycles. The van der Waals surface area contributed by atoms with Crippen molar-refractivity contribution >= 4 is 21.4 Å². The zero-order valence-corrected chi connectivity index (χ0v) is 12.0. The van der Waals surface area contributed by atoms with Crippen molar-refractivity contribution < 1.29 is 8.42 Å². The molecule has 0 unspecified atom stereocenters. The summed E-state index contributed by atoms with van der Waals surface area (Å²) in [4.78, 5) is 13.4. The second kappa shape index (κ2) is 5.54. The van der Waals surface area contributed by atoms with E-state index in [4.69, 9.17) is 0 Å². The Balaban J connectivity index is 2.16. The van der Waals surface area contributed by atoms with Crippen LogP contribution in [-0.2, 0) is 10.0 Å². The quantitative estimate of drug-likeness (QED) is 0.832. The minimum absolute atomic E-state index is 0.00843. The molecular formula is C11H18N2O3S2. The molecule has 0 radical (unpaired) electrons. The van der Waals surface area contributed by atoms with Gasteiger partial charge in [-0.25, -0.2) is 13.1 Å². The van der Waals surface area contributed by atoms with Crippen LogP contribution in [0, 0.1) is 6.92 Å². The van der Waals surface area contributed by atoms with Crippen LogP contribution in [-0.4, -0.2) is 19.4 Å². The Hall–Kier alpha value is -0.660. The first-order chi connectivity index (χ1) is 8.49. The summed E-state index contributed by atoms with van der Waals surface area (Å²) in [7, 11) is -3.55. The predicted molar refractivity (Wildman–Crippen MR) is 71.5 cm³/mol. The second-order valence-corrected chi connectivity index (χ2v) is 7.63. The number of sulfonamides is 1. The number of aromatic nitrogens is 1. The van der Waals surface area contributed by atoms with Crippen LogP contribution in [0.3, 0.4) is 0 Å². The van der Waals surface area contributed by atoms with Gasteiger partial charge >= 0.3 is 4.87 Å². The summed E-state index contributed by atoms with van der Waals surface area (Å²) in [5, 5.41) is 0. The fourth-order valence-corrected chi connectivity index (χ4v) is 4.94. The van der Waals surface area contributed by atoms with Gasteiger partial charge in [-0.1, -0.05) is 37.0 Å². The summed E-state index contributed by atoms with van der Waals surface area (Å²) < 4.78 is 27.2. The zero-order chi connectivity index (χ0) is 13.2. The van der Waals surface area contributed by atoms with Crippen LogP contribution in [0.25, 0.3) is 0 Å². The summed E-state index contributed by atoms with van der Waals surface area (Å²) in [6, 6.07) is 0.00843. The lowest BCUT2D eigenvalue weighted by Gasteiger charge is -2.15. The SMILES string of the molecule is Cc1[nH]c(=O)sc1S(=O)(=O)NC1CCCCCC1. The van der Waals surface area contributed by atoms with Gasteiger partial charge in [-0.2, -0.15) is 0 Å². The van der Waals surface area contributed by atoms with Crippen LogP contribution >= 0.6 is 11.3 Å². The van der Waals surface area contributed by atoms with E-state index in [2.05, 4.69) is 9.71 Å². The highest BCUT2D eigenvalue weighted by Crippen LogP contribution is 2.21. The molecule has 0 amide bonds. The van der Waals surface area contributed by atoms with Crippen LogP contribution in [0.1, 0.15) is 44.2 Å². The fraction of sp³-hybridized carbons (Fsp3) is 0.727. The van der Waals surface area contributed by atoms with E-state index in [1.807, 2.05) is 0 Å². The molecule has 0 aromatic carbocycles. The number of nitrogens with one attached hydrogen (secondary N) is 2. The summed E-state index contributed by atoms with van der Waals surface area (Å²) >= 11 is 0.754. The molecule has 2 N–H and O–H groups in total. The standard InChI is InChI=1S/C11H18N2O3S2/c1-8-10(17-11(14)12-8)18(15,16)13-9-6-4-2-3-5-7-9/h9,13H,2-7H2,1H3,(H,12,14). The molecule has 0 atom stereocenters. The van der Waals surface area contributed by atoms with Gasteiger partial charge in [0.25, 0.3) is 10.0 Å². The van der Waals surface area contributed by atoms with Gasteiger partial charge in [-0.3, -0.25) is 4.79 Å². The molecule has 0 spiro atoms. The first-order valence-corrected chi connectivity index (χ1v) is 8.51. The van der Waals surface area contributed by atoms with Gasteiger partial charge in [-0.15, -0.1) is 0 Å². The van der Waals surface area contributed by atoms with Gasteiger partial charge in [0.15, 0.2) is 4.21 Å². The molecule has 18 heavy (non-hydrogen) atoms. The monoisotopic (exact) mass is 290 g/mol. The van der Waals surface area contributed by atoms with E-state index in [-0.39, 0.29) is 15.1 Å². The summed E-state index contributed by atoms with van der Waals surface area (Å²) in [6.07, 6.45) is 6.25. The van der Waals surface area contributed by atoms with E-state index in [1.54, 1.807) is 6.92 Å². The van der Waals surface area contributed by atoms with E-state index < -0.39 is 10.0 Å². The van der Waals surface area contributed by atoms with Gasteiger partial charge in [0.1, 0.15) is 0 Å². The van der Waals surface area contributed by atoms with Gasteiger partial charge in [-0.05, 0) is 19.8 Å². The number of aromatic amines is 1. The average molecular weight is 290 g/mol. The van der Waals surface area contributed by atoms with Gasteiger partial charge in [0.2, 0.25) is 0 Å². The molecule has 102 valence electrons. The van der Waals surface area contributed by atoms with Gasteiger partial charge in [0.05, 0.1) is 0 Å². The van der Waals surface area contributed by atoms with E-state index in [0.29, 0.717) is 5.69 Å². The van der Waals surface area contributed by atoms with E-state index in [1.165, 1.54) is 12.8 Å². The molecule has 1 aromatic heterocycles. The smallest absolute Gasteiger partial charge is 0.305 e. The van der Waals surface area contributed by atoms with Crippen LogP contribution in [0.15, 0.2) is 9.00 Å². The molecule has 1 aromatic rings. The summed E-state index contributed by atoms with van der Waals surface area (Å²) in [5.74, 6) is 0. The number of thiazole rings is 1. The maximum atomic E-state index is 12.2. The molecule has 1 saturated carbocycles. The van der Waals surface area contributed by atoms with E-state index in [0.717, 1.165) is 37.0 Å². The molecule has 0 bridgehead atoms. The normalized spacial score (nSPS) is 18.7. The molecule has 1 aliphatic rings. The highest BCUT2D eigenvalue weighted by atomic mass is 32.2. The van der Waals surface area contributed by atoms with Crippen LogP contribution in [0.4, 0.5) is 0 Å². The molecule has 2 rings (SSSR count). The van der Waals surface area contributed by atoms with Crippen LogP contribution in [0.2, 0.25) is 0 Å². The first-order valence-electron chi connectivity index (χ1n) is 6.21. The van der Waals surface area contributed by atoms with Crippen molar-refractivity contribution in [3.63, 3.8) is 0 Å². The van der Waals surface area contributed by atoms with Gasteiger partial charge in [0, 0.05) is 11.7 Å². The average Bonchev–Trinajstić information content (AvgIpc) is 2.51. The fourth-order valence-electron chi connectivity index (χ4n) is 2.32. The zero-order valence-electron chi connectivity index (χ0n) is 10.4. The third kappa shape index (κ3) is 3.21. The van der Waals surface area contributed by atoms with Crippen LogP contribution < -0.4 is 9.60 Å². The first kappa shape index (κ1) is 13.8. The number of hydrogen-bond acceptors (Lipinski definition) is 4. The molecule has 0 aliphatic heterocycles. The molecule has 1 heterocycles. The third-order valence-electron chi connectivity index (χ3n) is 3.20. The maximum absolute atomic E-state index is 12.2. The number of rotatable bonds is 3. The molecular weight excluding hydrogens is 272 g/mol. The van der Waals surface area contributed by atoms with Crippen molar-refractivity contribution in [3.05, 3.63) is 15.4 Å². The van der Waals surface area contributed by atoms with Crippen LogP contribution in [0.5, 0.6) is 0 Å².